The van der Waals surface area contributed by atoms with Gasteiger partial charge in [0, 0.05) is 23.8 Å². The number of nitro groups is 1. The third-order valence-corrected chi connectivity index (χ3v) is 4.83. The van der Waals surface area contributed by atoms with Crippen LogP contribution in [0.3, 0.4) is 0 Å². The van der Waals surface area contributed by atoms with Crippen LogP contribution < -0.4 is 0 Å². The van der Waals surface area contributed by atoms with E-state index in [1.54, 1.807) is 0 Å². The minimum atomic E-state index is -0.426. The van der Waals surface area contributed by atoms with Crippen LogP contribution in [0.15, 0.2) is 10.2 Å². The fraction of sp³-hybridized carbons (Fsp3) is 1.00. The molecule has 0 heterocycles. The lowest BCUT2D eigenvalue weighted by Crippen LogP contribution is -2.41. The molecular formula is C14H26N4O3. The molecule has 2 aliphatic rings. The first kappa shape index (κ1) is 16.3. The fourth-order valence-corrected chi connectivity index (χ4v) is 3.28. The number of aliphatic hydroxyl groups excluding tert-OH is 1. The van der Waals surface area contributed by atoms with Gasteiger partial charge in [-0.2, -0.15) is 10.2 Å². The highest BCUT2D eigenvalue weighted by Gasteiger charge is 2.31. The maximum atomic E-state index is 10.7. The lowest BCUT2D eigenvalue weighted by molar-refractivity contribution is -0.526. The zero-order chi connectivity index (χ0) is 15.4. The molecule has 0 aromatic heterocycles. The van der Waals surface area contributed by atoms with Gasteiger partial charge in [-0.3, -0.25) is 10.1 Å². The van der Waals surface area contributed by atoms with Gasteiger partial charge in [-0.1, -0.05) is 0 Å². The summed E-state index contributed by atoms with van der Waals surface area (Å²) >= 11 is 0. The van der Waals surface area contributed by atoms with Gasteiger partial charge >= 0.3 is 0 Å². The molecule has 0 saturated heterocycles. The largest absolute Gasteiger partial charge is 0.391 e. The van der Waals surface area contributed by atoms with E-state index in [-0.39, 0.29) is 17.0 Å². The maximum Gasteiger partial charge on any atom is 0.213 e. The van der Waals surface area contributed by atoms with Gasteiger partial charge in [-0.15, -0.1) is 0 Å². The minimum Gasteiger partial charge on any atom is -0.391 e. The van der Waals surface area contributed by atoms with Crippen LogP contribution in [-0.2, 0) is 0 Å². The molecular weight excluding hydrogens is 272 g/mol. The molecule has 0 aromatic rings. The Labute approximate surface area is 125 Å². The molecule has 0 aromatic carbocycles. The van der Waals surface area contributed by atoms with Crippen molar-refractivity contribution in [1.82, 2.24) is 4.90 Å². The van der Waals surface area contributed by atoms with Crippen molar-refractivity contribution in [2.24, 2.45) is 10.2 Å². The Morgan fingerprint density at radius 2 is 1.76 bits per heavy atom. The van der Waals surface area contributed by atoms with E-state index in [0.29, 0.717) is 18.9 Å². The van der Waals surface area contributed by atoms with Crippen LogP contribution in [0.1, 0.15) is 44.9 Å². The molecule has 3 atom stereocenters. The van der Waals surface area contributed by atoms with E-state index in [4.69, 9.17) is 0 Å². The Hall–Kier alpha value is -1.08. The number of hydrogen-bond donors (Lipinski definition) is 1. The number of hydrogen-bond acceptors (Lipinski definition) is 6. The molecule has 1 N–H and O–H groups in total. The SMILES string of the molecule is CN(C)C1CCC(N=NC2CCC([N+](=O)[O-])CC2)C(O)C1. The smallest absolute Gasteiger partial charge is 0.213 e. The van der Waals surface area contributed by atoms with E-state index < -0.39 is 12.1 Å². The van der Waals surface area contributed by atoms with Crippen molar-refractivity contribution >= 4 is 0 Å². The summed E-state index contributed by atoms with van der Waals surface area (Å²) in [5, 5.41) is 29.6. The molecule has 2 rings (SSSR count). The average molecular weight is 298 g/mol. The molecule has 21 heavy (non-hydrogen) atoms. The average Bonchev–Trinajstić information content (AvgIpc) is 2.46. The minimum absolute atomic E-state index is 0.0972. The van der Waals surface area contributed by atoms with Gasteiger partial charge in [0.25, 0.3) is 0 Å². The van der Waals surface area contributed by atoms with Crippen molar-refractivity contribution in [2.75, 3.05) is 14.1 Å². The topological polar surface area (TPSA) is 91.3 Å². The molecule has 3 unspecified atom stereocenters. The molecule has 0 amide bonds. The molecule has 120 valence electrons. The number of nitrogens with zero attached hydrogens (tertiary/aromatic N) is 4. The first-order valence-corrected chi connectivity index (χ1v) is 7.85. The van der Waals surface area contributed by atoms with Crippen molar-refractivity contribution < 1.29 is 10.0 Å². The summed E-state index contributed by atoms with van der Waals surface area (Å²) in [5.41, 5.74) is 0. The summed E-state index contributed by atoms with van der Waals surface area (Å²) in [7, 11) is 4.07. The first-order chi connectivity index (χ1) is 9.97. The lowest BCUT2D eigenvalue weighted by Gasteiger charge is -2.34. The number of rotatable bonds is 4. The standard InChI is InChI=1S/C14H26N4O3/c1-17(2)12-7-8-13(14(19)9-12)16-15-10-3-5-11(6-4-10)18(20)21/h10-14,19H,3-9H2,1-2H3. The summed E-state index contributed by atoms with van der Waals surface area (Å²) in [6.45, 7) is 0. The van der Waals surface area contributed by atoms with Crippen LogP contribution in [0.4, 0.5) is 0 Å². The number of azo groups is 1. The van der Waals surface area contributed by atoms with Gasteiger partial charge in [-0.25, -0.2) is 0 Å². The van der Waals surface area contributed by atoms with Crippen molar-refractivity contribution in [3.8, 4) is 0 Å². The third kappa shape index (κ3) is 4.44. The number of aliphatic hydroxyl groups is 1. The zero-order valence-electron chi connectivity index (χ0n) is 12.9. The third-order valence-electron chi connectivity index (χ3n) is 4.83. The Morgan fingerprint density at radius 3 is 2.29 bits per heavy atom. The van der Waals surface area contributed by atoms with Gasteiger partial charge < -0.3 is 10.0 Å². The van der Waals surface area contributed by atoms with Gasteiger partial charge in [-0.05, 0) is 46.2 Å². The van der Waals surface area contributed by atoms with Crippen molar-refractivity contribution in [3.05, 3.63) is 10.1 Å². The van der Waals surface area contributed by atoms with Crippen LogP contribution in [-0.4, -0.2) is 59.3 Å². The zero-order valence-corrected chi connectivity index (χ0v) is 12.9. The second-order valence-corrected chi connectivity index (χ2v) is 6.54. The molecule has 2 aliphatic carbocycles. The van der Waals surface area contributed by atoms with E-state index >= 15 is 0 Å². The highest BCUT2D eigenvalue weighted by Crippen LogP contribution is 2.27. The maximum absolute atomic E-state index is 10.7. The van der Waals surface area contributed by atoms with E-state index in [0.717, 1.165) is 32.1 Å². The summed E-state index contributed by atoms with van der Waals surface area (Å²) in [4.78, 5) is 12.7. The predicted octanol–water partition coefficient (Wildman–Crippen LogP) is 1.87. The normalized spacial score (nSPS) is 38.0. The molecule has 0 bridgehead atoms. The highest BCUT2D eigenvalue weighted by atomic mass is 16.6. The lowest BCUT2D eigenvalue weighted by atomic mass is 9.88. The van der Waals surface area contributed by atoms with Crippen LogP contribution in [0.5, 0.6) is 0 Å². The molecule has 2 fully saturated rings. The highest BCUT2D eigenvalue weighted by molar-refractivity contribution is 4.87. The van der Waals surface area contributed by atoms with Crippen LogP contribution in [0.25, 0.3) is 0 Å². The van der Waals surface area contributed by atoms with Gasteiger partial charge in [0.05, 0.1) is 18.2 Å². The molecule has 7 nitrogen and oxygen atoms in total. The summed E-state index contributed by atoms with van der Waals surface area (Å²) < 4.78 is 0. The molecule has 0 aliphatic heterocycles. The van der Waals surface area contributed by atoms with Crippen LogP contribution in [0, 0.1) is 10.1 Å². The fourth-order valence-electron chi connectivity index (χ4n) is 3.28. The van der Waals surface area contributed by atoms with Gasteiger partial charge in [0.15, 0.2) is 0 Å². The summed E-state index contributed by atoms with van der Waals surface area (Å²) in [5.74, 6) is 0. The second-order valence-electron chi connectivity index (χ2n) is 6.54. The van der Waals surface area contributed by atoms with Gasteiger partial charge in [0.2, 0.25) is 6.04 Å². The van der Waals surface area contributed by atoms with E-state index in [1.165, 1.54) is 0 Å². The Morgan fingerprint density at radius 1 is 1.10 bits per heavy atom. The Kier molecular flexibility index (Phi) is 5.64. The van der Waals surface area contributed by atoms with Crippen molar-refractivity contribution in [2.45, 2.75) is 75.2 Å². The predicted molar refractivity (Wildman–Crippen MR) is 79.0 cm³/mol. The molecule has 2 saturated carbocycles. The van der Waals surface area contributed by atoms with Crippen molar-refractivity contribution in [1.29, 1.82) is 0 Å². The summed E-state index contributed by atoms with van der Waals surface area (Å²) in [6, 6.07) is 0.00830. The molecule has 7 heteroatoms. The Bertz CT molecular complexity index is 380. The Balaban J connectivity index is 1.79. The molecule has 0 spiro atoms. The van der Waals surface area contributed by atoms with E-state index in [2.05, 4.69) is 15.1 Å². The monoisotopic (exact) mass is 298 g/mol. The van der Waals surface area contributed by atoms with Gasteiger partial charge in [0.1, 0.15) is 0 Å². The quantitative estimate of drug-likeness (QED) is 0.487. The van der Waals surface area contributed by atoms with E-state index in [9.17, 15) is 15.2 Å². The van der Waals surface area contributed by atoms with Crippen LogP contribution >= 0.6 is 0 Å². The second kappa shape index (κ2) is 7.26. The van der Waals surface area contributed by atoms with Crippen LogP contribution in [0.2, 0.25) is 0 Å². The van der Waals surface area contributed by atoms with Crippen molar-refractivity contribution in [3.63, 3.8) is 0 Å². The summed E-state index contributed by atoms with van der Waals surface area (Å²) in [6.07, 6.45) is 4.85. The first-order valence-electron chi connectivity index (χ1n) is 7.85. The molecule has 0 radical (unpaired) electrons. The van der Waals surface area contributed by atoms with E-state index in [1.807, 2.05) is 14.1 Å².